The van der Waals surface area contributed by atoms with Gasteiger partial charge in [0.2, 0.25) is 11.7 Å². The summed E-state index contributed by atoms with van der Waals surface area (Å²) in [5, 5.41) is 4.14. The van der Waals surface area contributed by atoms with Gasteiger partial charge in [0.25, 0.3) is 0 Å². The minimum absolute atomic E-state index is 0.191. The van der Waals surface area contributed by atoms with E-state index in [1.165, 1.54) is 0 Å². The zero-order chi connectivity index (χ0) is 18.6. The Morgan fingerprint density at radius 3 is 2.92 bits per heavy atom. The number of hydrogen-bond donors (Lipinski definition) is 0. The van der Waals surface area contributed by atoms with Crippen LogP contribution in [0.2, 0.25) is 0 Å². The predicted molar refractivity (Wildman–Crippen MR) is 97.9 cm³/mol. The van der Waals surface area contributed by atoms with Gasteiger partial charge in [-0.25, -0.2) is 0 Å². The normalized spacial score (nSPS) is 18.4. The number of hydrogen-bond acceptors (Lipinski definition) is 7. The van der Waals surface area contributed by atoms with Crippen molar-refractivity contribution in [1.82, 2.24) is 20.0 Å². The van der Waals surface area contributed by atoms with Crippen molar-refractivity contribution in [3.63, 3.8) is 0 Å². The molecule has 0 N–H and O–H groups in total. The lowest BCUT2D eigenvalue weighted by atomic mass is 9.96. The van der Waals surface area contributed by atoms with E-state index in [1.54, 1.807) is 13.3 Å². The average molecular weight is 360 g/mol. The van der Waals surface area contributed by atoms with E-state index in [1.807, 2.05) is 12.1 Å². The van der Waals surface area contributed by atoms with E-state index >= 15 is 0 Å². The fourth-order valence-electron chi connectivity index (χ4n) is 3.24. The Balaban J connectivity index is 1.72. The van der Waals surface area contributed by atoms with Crippen LogP contribution < -0.4 is 4.74 Å². The maximum atomic E-state index is 5.63. The minimum atomic E-state index is 0.191. The third-order valence-corrected chi connectivity index (χ3v) is 4.28. The number of likely N-dealkylation sites (tertiary alicyclic amines) is 1. The van der Waals surface area contributed by atoms with Crippen molar-refractivity contribution in [1.29, 1.82) is 0 Å². The largest absolute Gasteiger partial charge is 0.491 e. The molecule has 0 bridgehead atoms. The van der Waals surface area contributed by atoms with E-state index in [9.17, 15) is 0 Å². The van der Waals surface area contributed by atoms with E-state index in [0.717, 1.165) is 25.9 Å². The quantitative estimate of drug-likeness (QED) is 0.701. The van der Waals surface area contributed by atoms with Gasteiger partial charge in [-0.05, 0) is 30.9 Å². The van der Waals surface area contributed by atoms with Crippen molar-refractivity contribution < 1.29 is 14.0 Å². The number of aromatic nitrogens is 3. The third kappa shape index (κ3) is 4.80. The summed E-state index contributed by atoms with van der Waals surface area (Å²) in [6.07, 6.45) is 3.89. The fourth-order valence-corrected chi connectivity index (χ4v) is 3.24. The first-order valence-corrected chi connectivity index (χ1v) is 9.12. The molecule has 26 heavy (non-hydrogen) atoms. The highest BCUT2D eigenvalue weighted by atomic mass is 16.5. The summed E-state index contributed by atoms with van der Waals surface area (Å²) in [5.74, 6) is 1.89. The first-order chi connectivity index (χ1) is 12.5. The van der Waals surface area contributed by atoms with Gasteiger partial charge >= 0.3 is 0 Å². The predicted octanol–water partition coefficient (Wildman–Crippen LogP) is 3.34. The van der Waals surface area contributed by atoms with Crippen LogP contribution >= 0.6 is 0 Å². The summed E-state index contributed by atoms with van der Waals surface area (Å²) in [6.45, 7) is 9.86. The fraction of sp³-hybridized carbons (Fsp3) is 0.632. The highest BCUT2D eigenvalue weighted by Crippen LogP contribution is 2.34. The first kappa shape index (κ1) is 18.8. The summed E-state index contributed by atoms with van der Waals surface area (Å²) in [4.78, 5) is 11.4. The van der Waals surface area contributed by atoms with Gasteiger partial charge in [0.1, 0.15) is 18.1 Å². The summed E-state index contributed by atoms with van der Waals surface area (Å²) < 4.78 is 16.2. The Kier molecular flexibility index (Phi) is 5.88. The average Bonchev–Trinajstić information content (AvgIpc) is 3.23. The maximum absolute atomic E-state index is 5.63. The molecule has 1 fully saturated rings. The molecule has 0 radical (unpaired) electrons. The van der Waals surface area contributed by atoms with Gasteiger partial charge in [0.05, 0.1) is 12.6 Å². The van der Waals surface area contributed by atoms with Crippen LogP contribution in [0.3, 0.4) is 0 Å². The lowest BCUT2D eigenvalue weighted by Gasteiger charge is -2.29. The molecule has 142 valence electrons. The summed E-state index contributed by atoms with van der Waals surface area (Å²) in [6, 6.07) is 3.82. The standard InChI is InChI=1S/C19H28N4O3/c1-19(2,3)13-23-9-5-6-16(23)18-21-17(22-26-18)15-12-14(7-8-20-15)25-11-10-24-4/h7-8,12,16H,5-6,9-11,13H2,1-4H3/t16-/m0/s1. The molecule has 0 unspecified atom stereocenters. The first-order valence-electron chi connectivity index (χ1n) is 9.12. The highest BCUT2D eigenvalue weighted by Gasteiger charge is 2.33. The number of nitrogens with zero attached hydrogens (tertiary/aromatic N) is 4. The molecule has 0 aliphatic carbocycles. The van der Waals surface area contributed by atoms with Crippen molar-refractivity contribution in [2.24, 2.45) is 5.41 Å². The van der Waals surface area contributed by atoms with Gasteiger partial charge in [-0.3, -0.25) is 9.88 Å². The SMILES string of the molecule is COCCOc1ccnc(-c2noc([C@@H]3CCCN3CC(C)(C)C)n2)c1. The van der Waals surface area contributed by atoms with Crippen molar-refractivity contribution in [3.05, 3.63) is 24.2 Å². The van der Waals surface area contributed by atoms with Crippen molar-refractivity contribution >= 4 is 0 Å². The molecule has 1 aliphatic heterocycles. The van der Waals surface area contributed by atoms with Gasteiger partial charge in [-0.1, -0.05) is 25.9 Å². The third-order valence-electron chi connectivity index (χ3n) is 4.28. The number of rotatable bonds is 7. The maximum Gasteiger partial charge on any atom is 0.244 e. The van der Waals surface area contributed by atoms with Crippen LogP contribution in [0, 0.1) is 5.41 Å². The van der Waals surface area contributed by atoms with Crippen LogP contribution in [0.25, 0.3) is 11.5 Å². The van der Waals surface area contributed by atoms with E-state index in [0.29, 0.717) is 36.4 Å². The monoisotopic (exact) mass is 360 g/mol. The van der Waals surface area contributed by atoms with Crippen LogP contribution in [0.4, 0.5) is 0 Å². The minimum Gasteiger partial charge on any atom is -0.491 e. The van der Waals surface area contributed by atoms with Crippen molar-refractivity contribution in [2.75, 3.05) is 33.4 Å². The second kappa shape index (κ2) is 8.14. The number of pyridine rings is 1. The van der Waals surface area contributed by atoms with Crippen LogP contribution in [0.5, 0.6) is 5.75 Å². The molecule has 1 atom stereocenters. The second-order valence-electron chi connectivity index (χ2n) is 7.86. The molecule has 0 aromatic carbocycles. The molecular formula is C19H28N4O3. The molecule has 7 heteroatoms. The summed E-state index contributed by atoms with van der Waals surface area (Å²) in [5.41, 5.74) is 0.885. The van der Waals surface area contributed by atoms with Crippen LogP contribution in [-0.2, 0) is 4.74 Å². The van der Waals surface area contributed by atoms with E-state index < -0.39 is 0 Å². The van der Waals surface area contributed by atoms with Gasteiger partial charge in [-0.2, -0.15) is 4.98 Å². The van der Waals surface area contributed by atoms with Gasteiger partial charge in [0, 0.05) is 25.9 Å². The van der Waals surface area contributed by atoms with Crippen LogP contribution in [-0.4, -0.2) is 53.4 Å². The van der Waals surface area contributed by atoms with Gasteiger partial charge in [-0.15, -0.1) is 0 Å². The zero-order valence-electron chi connectivity index (χ0n) is 16.1. The summed E-state index contributed by atoms with van der Waals surface area (Å²) in [7, 11) is 1.65. The van der Waals surface area contributed by atoms with Gasteiger partial charge < -0.3 is 14.0 Å². The number of ether oxygens (including phenoxy) is 2. The molecule has 3 rings (SSSR count). The Morgan fingerprint density at radius 2 is 2.15 bits per heavy atom. The Morgan fingerprint density at radius 1 is 1.31 bits per heavy atom. The highest BCUT2D eigenvalue weighted by molar-refractivity contribution is 5.50. The van der Waals surface area contributed by atoms with Crippen LogP contribution in [0.1, 0.15) is 45.5 Å². The van der Waals surface area contributed by atoms with E-state index in [4.69, 9.17) is 14.0 Å². The number of methoxy groups -OCH3 is 1. The molecule has 0 saturated carbocycles. The van der Waals surface area contributed by atoms with Crippen LogP contribution in [0.15, 0.2) is 22.9 Å². The molecule has 0 spiro atoms. The summed E-state index contributed by atoms with van der Waals surface area (Å²) >= 11 is 0. The smallest absolute Gasteiger partial charge is 0.244 e. The topological polar surface area (TPSA) is 73.5 Å². The van der Waals surface area contributed by atoms with Crippen molar-refractivity contribution in [3.8, 4) is 17.3 Å². The molecule has 2 aromatic heterocycles. The van der Waals surface area contributed by atoms with E-state index in [-0.39, 0.29) is 11.5 Å². The Labute approximate surface area is 154 Å². The lowest BCUT2D eigenvalue weighted by Crippen LogP contribution is -2.32. The Hall–Kier alpha value is -1.99. The van der Waals surface area contributed by atoms with Crippen molar-refractivity contribution in [2.45, 2.75) is 39.7 Å². The molecule has 2 aromatic rings. The van der Waals surface area contributed by atoms with Gasteiger partial charge in [0.15, 0.2) is 0 Å². The molecule has 1 aliphatic rings. The molecule has 1 saturated heterocycles. The Bertz CT molecular complexity index is 711. The lowest BCUT2D eigenvalue weighted by molar-refractivity contribution is 0.146. The molecule has 7 nitrogen and oxygen atoms in total. The molecule has 3 heterocycles. The zero-order valence-corrected chi connectivity index (χ0v) is 16.1. The molecule has 0 amide bonds. The van der Waals surface area contributed by atoms with E-state index in [2.05, 4.69) is 40.8 Å². The molecular weight excluding hydrogens is 332 g/mol. The second-order valence-corrected chi connectivity index (χ2v) is 7.86.